The first kappa shape index (κ1) is 23.7. The predicted molar refractivity (Wildman–Crippen MR) is 122 cm³/mol. The second-order valence-electron chi connectivity index (χ2n) is 7.51. The first-order valence-corrected chi connectivity index (χ1v) is 12.0. The first-order chi connectivity index (χ1) is 14.1. The molecule has 0 aromatic heterocycles. The number of hydrogen-bond donors (Lipinski definition) is 1. The molecular formula is C23H32N2O4S. The molecule has 1 amide bonds. The molecule has 7 heteroatoms. The standard InChI is InChI=1S/C23H32N2O4S/c1-6-29-21-13-11-20(12-14-21)25(30(5,27)28)15-7-8-23(26)24-19(4)22-16-17(2)9-10-18(22)3/h9-14,16,19H,6-8,15H2,1-5H3,(H,24,26)/t19-/m0/s1. The van der Waals surface area contributed by atoms with Crippen molar-refractivity contribution >= 4 is 21.6 Å². The number of carbonyl (C=O) groups excluding carboxylic acids is 1. The van der Waals surface area contributed by atoms with Gasteiger partial charge in [-0.2, -0.15) is 0 Å². The third-order valence-corrected chi connectivity index (χ3v) is 6.07. The minimum atomic E-state index is -3.46. The fourth-order valence-corrected chi connectivity index (χ4v) is 4.33. The van der Waals surface area contributed by atoms with Crippen LogP contribution in [0.2, 0.25) is 0 Å². The number of nitrogens with one attached hydrogen (secondary N) is 1. The van der Waals surface area contributed by atoms with Gasteiger partial charge in [-0.3, -0.25) is 9.10 Å². The van der Waals surface area contributed by atoms with E-state index in [1.807, 2.05) is 39.8 Å². The maximum atomic E-state index is 12.4. The van der Waals surface area contributed by atoms with Crippen molar-refractivity contribution in [1.82, 2.24) is 5.32 Å². The number of amides is 1. The van der Waals surface area contributed by atoms with E-state index in [1.54, 1.807) is 24.3 Å². The van der Waals surface area contributed by atoms with Crippen LogP contribution in [-0.4, -0.2) is 33.7 Å². The van der Waals surface area contributed by atoms with Gasteiger partial charge in [-0.05, 0) is 69.5 Å². The van der Waals surface area contributed by atoms with Crippen LogP contribution in [0.3, 0.4) is 0 Å². The van der Waals surface area contributed by atoms with Crippen molar-refractivity contribution in [3.05, 3.63) is 59.2 Å². The minimum Gasteiger partial charge on any atom is -0.494 e. The van der Waals surface area contributed by atoms with E-state index in [4.69, 9.17) is 4.74 Å². The number of aryl methyl sites for hydroxylation is 2. The summed E-state index contributed by atoms with van der Waals surface area (Å²) >= 11 is 0. The van der Waals surface area contributed by atoms with E-state index in [1.165, 1.54) is 10.6 Å². The van der Waals surface area contributed by atoms with Crippen molar-refractivity contribution in [1.29, 1.82) is 0 Å². The maximum absolute atomic E-state index is 12.4. The van der Waals surface area contributed by atoms with Gasteiger partial charge in [0.2, 0.25) is 15.9 Å². The van der Waals surface area contributed by atoms with E-state index < -0.39 is 10.0 Å². The molecule has 2 aromatic carbocycles. The van der Waals surface area contributed by atoms with Gasteiger partial charge in [0.1, 0.15) is 5.75 Å². The van der Waals surface area contributed by atoms with Crippen molar-refractivity contribution in [3.63, 3.8) is 0 Å². The third-order valence-electron chi connectivity index (χ3n) is 4.88. The predicted octanol–water partition coefficient (Wildman–Crippen LogP) is 4.13. The second-order valence-corrected chi connectivity index (χ2v) is 9.42. The lowest BCUT2D eigenvalue weighted by Crippen LogP contribution is -2.32. The average molecular weight is 433 g/mol. The van der Waals surface area contributed by atoms with Crippen LogP contribution in [0.25, 0.3) is 0 Å². The van der Waals surface area contributed by atoms with Gasteiger partial charge in [0.05, 0.1) is 24.6 Å². The molecule has 0 saturated carbocycles. The fourth-order valence-electron chi connectivity index (χ4n) is 3.36. The Morgan fingerprint density at radius 1 is 1.13 bits per heavy atom. The molecule has 164 valence electrons. The SMILES string of the molecule is CCOc1ccc(N(CCCC(=O)N[C@@H](C)c2cc(C)ccc2C)S(C)(=O)=O)cc1. The highest BCUT2D eigenvalue weighted by Gasteiger charge is 2.18. The van der Waals surface area contributed by atoms with Gasteiger partial charge in [-0.15, -0.1) is 0 Å². The number of carbonyl (C=O) groups is 1. The first-order valence-electron chi connectivity index (χ1n) is 10.2. The average Bonchev–Trinajstić information content (AvgIpc) is 2.67. The fraction of sp³-hybridized carbons (Fsp3) is 0.435. The lowest BCUT2D eigenvalue weighted by molar-refractivity contribution is -0.121. The summed E-state index contributed by atoms with van der Waals surface area (Å²) in [5, 5.41) is 3.01. The molecule has 1 N–H and O–H groups in total. The third kappa shape index (κ3) is 6.76. The zero-order valence-corrected chi connectivity index (χ0v) is 19.3. The van der Waals surface area contributed by atoms with Gasteiger partial charge < -0.3 is 10.1 Å². The summed E-state index contributed by atoms with van der Waals surface area (Å²) in [5.74, 6) is 0.595. The van der Waals surface area contributed by atoms with Crippen LogP contribution in [0, 0.1) is 13.8 Å². The van der Waals surface area contributed by atoms with Gasteiger partial charge >= 0.3 is 0 Å². The largest absolute Gasteiger partial charge is 0.494 e. The lowest BCUT2D eigenvalue weighted by atomic mass is 10.00. The summed E-state index contributed by atoms with van der Waals surface area (Å²) < 4.78 is 31.2. The molecule has 2 aromatic rings. The number of anilines is 1. The van der Waals surface area contributed by atoms with Crippen LogP contribution < -0.4 is 14.4 Å². The second kappa shape index (κ2) is 10.5. The van der Waals surface area contributed by atoms with Crippen LogP contribution in [0.1, 0.15) is 49.4 Å². The van der Waals surface area contributed by atoms with Gasteiger partial charge in [0.25, 0.3) is 0 Å². The number of nitrogens with zero attached hydrogens (tertiary/aromatic N) is 1. The molecule has 6 nitrogen and oxygen atoms in total. The van der Waals surface area contributed by atoms with E-state index in [9.17, 15) is 13.2 Å². The summed E-state index contributed by atoms with van der Waals surface area (Å²) in [4.78, 5) is 12.4. The molecule has 0 bridgehead atoms. The Morgan fingerprint density at radius 2 is 1.80 bits per heavy atom. The van der Waals surface area contributed by atoms with Crippen molar-refractivity contribution in [2.75, 3.05) is 23.7 Å². The van der Waals surface area contributed by atoms with Crippen LogP contribution in [-0.2, 0) is 14.8 Å². The molecular weight excluding hydrogens is 400 g/mol. The van der Waals surface area contributed by atoms with Gasteiger partial charge in [-0.1, -0.05) is 23.8 Å². The Labute approximate surface area is 180 Å². The molecule has 30 heavy (non-hydrogen) atoms. The van der Waals surface area contributed by atoms with Crippen LogP contribution in [0.15, 0.2) is 42.5 Å². The molecule has 0 heterocycles. The number of hydrogen-bond acceptors (Lipinski definition) is 4. The highest BCUT2D eigenvalue weighted by molar-refractivity contribution is 7.92. The summed E-state index contributed by atoms with van der Waals surface area (Å²) in [6.07, 6.45) is 1.84. The topological polar surface area (TPSA) is 75.7 Å². The van der Waals surface area contributed by atoms with Crippen molar-refractivity contribution < 1.29 is 17.9 Å². The van der Waals surface area contributed by atoms with Crippen LogP contribution >= 0.6 is 0 Å². The number of ether oxygens (including phenoxy) is 1. The molecule has 0 spiro atoms. The molecule has 0 unspecified atom stereocenters. The summed E-state index contributed by atoms with van der Waals surface area (Å²) in [6.45, 7) is 8.69. The highest BCUT2D eigenvalue weighted by atomic mass is 32.2. The minimum absolute atomic E-state index is 0.0939. The van der Waals surface area contributed by atoms with Gasteiger partial charge in [-0.25, -0.2) is 8.42 Å². The number of sulfonamides is 1. The van der Waals surface area contributed by atoms with Crippen LogP contribution in [0.5, 0.6) is 5.75 Å². The zero-order chi connectivity index (χ0) is 22.3. The van der Waals surface area contributed by atoms with Crippen molar-refractivity contribution in [2.45, 2.75) is 46.6 Å². The summed E-state index contributed by atoms with van der Waals surface area (Å²) in [7, 11) is -3.46. The Bertz CT molecular complexity index is 956. The Kier molecular flexibility index (Phi) is 8.29. The van der Waals surface area contributed by atoms with E-state index in [2.05, 4.69) is 11.4 Å². The number of benzene rings is 2. The van der Waals surface area contributed by atoms with E-state index in [0.29, 0.717) is 24.5 Å². The lowest BCUT2D eigenvalue weighted by Gasteiger charge is -2.23. The molecule has 1 atom stereocenters. The monoisotopic (exact) mass is 432 g/mol. The normalized spacial score (nSPS) is 12.3. The quantitative estimate of drug-likeness (QED) is 0.613. The molecule has 0 aliphatic rings. The number of rotatable bonds is 10. The van der Waals surface area contributed by atoms with Crippen molar-refractivity contribution in [2.24, 2.45) is 0 Å². The van der Waals surface area contributed by atoms with Crippen molar-refractivity contribution in [3.8, 4) is 5.75 Å². The summed E-state index contributed by atoms with van der Waals surface area (Å²) in [6, 6.07) is 13.0. The molecule has 0 aliphatic carbocycles. The molecule has 0 radical (unpaired) electrons. The Morgan fingerprint density at radius 3 is 2.40 bits per heavy atom. The Balaban J connectivity index is 1.96. The maximum Gasteiger partial charge on any atom is 0.232 e. The van der Waals surface area contributed by atoms with Crippen LogP contribution in [0.4, 0.5) is 5.69 Å². The molecule has 2 rings (SSSR count). The highest BCUT2D eigenvalue weighted by Crippen LogP contribution is 2.23. The van der Waals surface area contributed by atoms with Gasteiger partial charge in [0, 0.05) is 13.0 Å². The molecule has 0 aliphatic heterocycles. The Hall–Kier alpha value is -2.54. The van der Waals surface area contributed by atoms with E-state index in [-0.39, 0.29) is 24.9 Å². The zero-order valence-electron chi connectivity index (χ0n) is 18.4. The molecule has 0 saturated heterocycles. The smallest absolute Gasteiger partial charge is 0.232 e. The van der Waals surface area contributed by atoms with Gasteiger partial charge in [0.15, 0.2) is 0 Å². The van der Waals surface area contributed by atoms with E-state index in [0.717, 1.165) is 16.7 Å². The summed E-state index contributed by atoms with van der Waals surface area (Å²) in [5.41, 5.74) is 3.93. The van der Waals surface area contributed by atoms with E-state index >= 15 is 0 Å². The molecule has 0 fully saturated rings.